The summed E-state index contributed by atoms with van der Waals surface area (Å²) in [6, 6.07) is 1.89. The molecule has 94 valence electrons. The van der Waals surface area contributed by atoms with Crippen molar-refractivity contribution in [1.82, 2.24) is 14.7 Å². The minimum atomic E-state index is 0.278. The maximum absolute atomic E-state index is 6.27. The van der Waals surface area contributed by atoms with Crippen molar-refractivity contribution in [3.63, 3.8) is 0 Å². The molecule has 1 saturated heterocycles. The van der Waals surface area contributed by atoms with E-state index in [4.69, 9.17) is 5.73 Å². The number of hydrogen-bond acceptors (Lipinski definition) is 3. The van der Waals surface area contributed by atoms with Gasteiger partial charge in [-0.1, -0.05) is 0 Å². The van der Waals surface area contributed by atoms with Crippen LogP contribution in [0.4, 0.5) is 0 Å². The molecule has 2 heterocycles. The van der Waals surface area contributed by atoms with Crippen LogP contribution in [0.15, 0.2) is 12.4 Å². The maximum Gasteiger partial charge on any atom is 0.0538 e. The van der Waals surface area contributed by atoms with E-state index in [1.165, 1.54) is 18.4 Å². The van der Waals surface area contributed by atoms with Crippen molar-refractivity contribution < 1.29 is 0 Å². The second kappa shape index (κ2) is 4.10. The normalized spacial score (nSPS) is 30.4. The summed E-state index contributed by atoms with van der Waals surface area (Å²) in [5.74, 6) is 0. The van der Waals surface area contributed by atoms with Crippen molar-refractivity contribution in [2.24, 2.45) is 5.73 Å². The van der Waals surface area contributed by atoms with Crippen molar-refractivity contribution in [2.75, 3.05) is 6.54 Å². The highest BCUT2D eigenvalue weighted by molar-refractivity contribution is 5.17. The van der Waals surface area contributed by atoms with Crippen LogP contribution >= 0.6 is 0 Å². The van der Waals surface area contributed by atoms with Crippen molar-refractivity contribution >= 4 is 0 Å². The molecule has 0 aromatic carbocycles. The third-order valence-electron chi connectivity index (χ3n) is 3.99. The lowest BCUT2D eigenvalue weighted by molar-refractivity contribution is 0.237. The quantitative estimate of drug-likeness (QED) is 0.866. The Hall–Kier alpha value is -0.870. The van der Waals surface area contributed by atoms with E-state index in [9.17, 15) is 0 Å². The molecule has 2 fully saturated rings. The Morgan fingerprint density at radius 1 is 1.35 bits per heavy atom. The number of hydrogen-bond donors (Lipinski definition) is 1. The van der Waals surface area contributed by atoms with Gasteiger partial charge < -0.3 is 5.73 Å². The highest BCUT2D eigenvalue weighted by Gasteiger charge is 2.41. The number of nitrogens with two attached hydrogens (primary N) is 1. The number of likely N-dealkylation sites (tertiary alicyclic amines) is 1. The molecule has 0 bridgehead atoms. The Bertz CT molecular complexity index is 394. The lowest BCUT2D eigenvalue weighted by Crippen LogP contribution is -2.32. The summed E-state index contributed by atoms with van der Waals surface area (Å²) in [6.45, 7) is 5.47. The zero-order valence-electron chi connectivity index (χ0n) is 10.7. The van der Waals surface area contributed by atoms with Gasteiger partial charge in [0, 0.05) is 36.4 Å². The topological polar surface area (TPSA) is 47.1 Å². The van der Waals surface area contributed by atoms with Gasteiger partial charge in [0.2, 0.25) is 0 Å². The standard InChI is InChI=1S/C13H22N4/c1-9(2)17-8-10(7-15-17)13-12(14)5-6-16(13)11-3-4-11/h7-9,11-13H,3-6,14H2,1-2H3. The minimum absolute atomic E-state index is 0.278. The molecule has 1 aliphatic heterocycles. The first kappa shape index (κ1) is 11.2. The first-order chi connectivity index (χ1) is 8.16. The van der Waals surface area contributed by atoms with Gasteiger partial charge in [-0.05, 0) is 33.1 Å². The van der Waals surface area contributed by atoms with Crippen LogP contribution in [-0.4, -0.2) is 33.3 Å². The average molecular weight is 234 g/mol. The van der Waals surface area contributed by atoms with Gasteiger partial charge in [0.05, 0.1) is 12.2 Å². The molecule has 0 spiro atoms. The van der Waals surface area contributed by atoms with Gasteiger partial charge in [-0.15, -0.1) is 0 Å². The summed E-state index contributed by atoms with van der Waals surface area (Å²) in [4.78, 5) is 2.59. The molecule has 2 N–H and O–H groups in total. The van der Waals surface area contributed by atoms with E-state index >= 15 is 0 Å². The highest BCUT2D eigenvalue weighted by Crippen LogP contribution is 2.40. The van der Waals surface area contributed by atoms with E-state index in [-0.39, 0.29) is 6.04 Å². The van der Waals surface area contributed by atoms with Crippen LogP contribution in [0.25, 0.3) is 0 Å². The van der Waals surface area contributed by atoms with E-state index in [0.29, 0.717) is 12.1 Å². The molecular formula is C13H22N4. The highest BCUT2D eigenvalue weighted by atomic mass is 15.3. The summed E-state index contributed by atoms with van der Waals surface area (Å²) in [7, 11) is 0. The van der Waals surface area contributed by atoms with Crippen LogP contribution in [0.1, 0.15) is 50.8 Å². The van der Waals surface area contributed by atoms with Crippen LogP contribution in [0.2, 0.25) is 0 Å². The van der Waals surface area contributed by atoms with Crippen molar-refractivity contribution in [3.05, 3.63) is 18.0 Å². The molecule has 4 heteroatoms. The summed E-state index contributed by atoms with van der Waals surface area (Å²) in [5, 5.41) is 4.44. The van der Waals surface area contributed by atoms with E-state index in [1.54, 1.807) is 0 Å². The summed E-state index contributed by atoms with van der Waals surface area (Å²) in [5.41, 5.74) is 7.58. The van der Waals surface area contributed by atoms with Gasteiger partial charge in [0.25, 0.3) is 0 Å². The molecule has 2 unspecified atom stereocenters. The second-order valence-electron chi connectivity index (χ2n) is 5.71. The molecule has 0 amide bonds. The molecule has 0 radical (unpaired) electrons. The number of aromatic nitrogens is 2. The summed E-state index contributed by atoms with van der Waals surface area (Å²) < 4.78 is 2.03. The largest absolute Gasteiger partial charge is 0.326 e. The second-order valence-corrected chi connectivity index (χ2v) is 5.71. The average Bonchev–Trinajstić information content (AvgIpc) is 2.88. The zero-order chi connectivity index (χ0) is 12.0. The molecule has 3 rings (SSSR count). The van der Waals surface area contributed by atoms with E-state index in [2.05, 4.69) is 30.0 Å². The van der Waals surface area contributed by atoms with Crippen LogP contribution in [0.3, 0.4) is 0 Å². The Balaban J connectivity index is 1.84. The van der Waals surface area contributed by atoms with Crippen molar-refractivity contribution in [2.45, 2.75) is 57.3 Å². The molecular weight excluding hydrogens is 212 g/mol. The third-order valence-corrected chi connectivity index (χ3v) is 3.99. The fraction of sp³-hybridized carbons (Fsp3) is 0.769. The molecule has 1 aromatic rings. The SMILES string of the molecule is CC(C)n1cc(C2C(N)CCN2C2CC2)cn1. The van der Waals surface area contributed by atoms with E-state index < -0.39 is 0 Å². The Kier molecular flexibility index (Phi) is 2.71. The van der Waals surface area contributed by atoms with Crippen LogP contribution < -0.4 is 5.73 Å². The number of nitrogens with zero attached hydrogens (tertiary/aromatic N) is 3. The lowest BCUT2D eigenvalue weighted by Gasteiger charge is -2.25. The van der Waals surface area contributed by atoms with Gasteiger partial charge in [-0.25, -0.2) is 0 Å². The Labute approximate surface area is 103 Å². The van der Waals surface area contributed by atoms with Crippen LogP contribution in [0.5, 0.6) is 0 Å². The molecule has 1 aliphatic carbocycles. The first-order valence-electron chi connectivity index (χ1n) is 6.72. The fourth-order valence-electron chi connectivity index (χ4n) is 2.88. The number of rotatable bonds is 3. The van der Waals surface area contributed by atoms with Gasteiger partial charge in [0.15, 0.2) is 0 Å². The third kappa shape index (κ3) is 2.00. The van der Waals surface area contributed by atoms with Gasteiger partial charge >= 0.3 is 0 Å². The van der Waals surface area contributed by atoms with Crippen molar-refractivity contribution in [3.8, 4) is 0 Å². The van der Waals surface area contributed by atoms with Crippen molar-refractivity contribution in [1.29, 1.82) is 0 Å². The van der Waals surface area contributed by atoms with Crippen LogP contribution in [0, 0.1) is 0 Å². The molecule has 2 atom stereocenters. The van der Waals surface area contributed by atoms with E-state index in [1.807, 2.05) is 10.9 Å². The zero-order valence-corrected chi connectivity index (χ0v) is 10.7. The Morgan fingerprint density at radius 2 is 2.12 bits per heavy atom. The lowest BCUT2D eigenvalue weighted by atomic mass is 10.0. The smallest absolute Gasteiger partial charge is 0.0538 e. The van der Waals surface area contributed by atoms with Gasteiger partial charge in [-0.3, -0.25) is 9.58 Å². The van der Waals surface area contributed by atoms with E-state index in [0.717, 1.165) is 19.0 Å². The Morgan fingerprint density at radius 3 is 2.71 bits per heavy atom. The first-order valence-corrected chi connectivity index (χ1v) is 6.72. The molecule has 2 aliphatic rings. The fourth-order valence-corrected chi connectivity index (χ4v) is 2.88. The van der Waals surface area contributed by atoms with Gasteiger partial charge in [-0.2, -0.15) is 5.10 Å². The summed E-state index contributed by atoms with van der Waals surface area (Å²) >= 11 is 0. The molecule has 17 heavy (non-hydrogen) atoms. The monoisotopic (exact) mass is 234 g/mol. The predicted molar refractivity (Wildman–Crippen MR) is 67.7 cm³/mol. The summed E-state index contributed by atoms with van der Waals surface area (Å²) in [6.07, 6.45) is 8.00. The predicted octanol–water partition coefficient (Wildman–Crippen LogP) is 1.70. The molecule has 1 saturated carbocycles. The van der Waals surface area contributed by atoms with Gasteiger partial charge in [0.1, 0.15) is 0 Å². The maximum atomic E-state index is 6.27. The molecule has 4 nitrogen and oxygen atoms in total. The van der Waals surface area contributed by atoms with Crippen LogP contribution in [-0.2, 0) is 0 Å². The molecule has 1 aromatic heterocycles. The minimum Gasteiger partial charge on any atom is -0.326 e.